The number of allylic oxidation sites excluding steroid dienone is 1. The van der Waals surface area contributed by atoms with Gasteiger partial charge in [-0.15, -0.1) is 0 Å². The Morgan fingerprint density at radius 3 is 2.39 bits per heavy atom. The van der Waals surface area contributed by atoms with Gasteiger partial charge in [0.05, 0.1) is 25.2 Å². The van der Waals surface area contributed by atoms with Gasteiger partial charge in [0, 0.05) is 0 Å². The fourth-order valence-corrected chi connectivity index (χ4v) is 2.72. The summed E-state index contributed by atoms with van der Waals surface area (Å²) in [6.07, 6.45) is 1.96. The van der Waals surface area contributed by atoms with E-state index in [2.05, 4.69) is 6.07 Å². The molecule has 4 heteroatoms. The number of hydrogen-bond acceptors (Lipinski definition) is 4. The van der Waals surface area contributed by atoms with Crippen molar-refractivity contribution in [3.05, 3.63) is 95.6 Å². The van der Waals surface area contributed by atoms with Crippen LogP contribution in [0.2, 0.25) is 0 Å². The lowest BCUT2D eigenvalue weighted by Gasteiger charge is -2.06. The van der Waals surface area contributed by atoms with Crippen molar-refractivity contribution in [2.45, 2.75) is 6.42 Å². The van der Waals surface area contributed by atoms with E-state index in [1.165, 1.54) is 0 Å². The number of carbonyl (C=O) groups is 1. The van der Waals surface area contributed by atoms with Crippen LogP contribution < -0.4 is 9.47 Å². The summed E-state index contributed by atoms with van der Waals surface area (Å²) in [5, 5.41) is 9.51. The molecular weight excluding hydrogens is 350 g/mol. The standard InChI is InChI=1S/C24H19NO3/c1-27-22-12-10-20(11-13-22)21(17-25)14-19-8-5-9-23(15-19)28-24(26)16-18-6-3-2-4-7-18/h2-15H,16H2,1H3/b21-14-. The first-order valence-corrected chi connectivity index (χ1v) is 8.79. The van der Waals surface area contributed by atoms with Gasteiger partial charge in [0.2, 0.25) is 0 Å². The molecule has 0 saturated carbocycles. The van der Waals surface area contributed by atoms with Gasteiger partial charge in [-0.25, -0.2) is 0 Å². The monoisotopic (exact) mass is 369 g/mol. The first-order valence-electron chi connectivity index (χ1n) is 8.79. The van der Waals surface area contributed by atoms with Crippen LogP contribution in [0.3, 0.4) is 0 Å². The number of carbonyl (C=O) groups excluding carboxylic acids is 1. The number of nitrogens with zero attached hydrogens (tertiary/aromatic N) is 1. The Bertz CT molecular complexity index is 1020. The minimum atomic E-state index is -0.331. The molecule has 0 atom stereocenters. The molecule has 0 bridgehead atoms. The number of rotatable bonds is 6. The molecule has 28 heavy (non-hydrogen) atoms. The molecule has 3 aromatic carbocycles. The molecule has 0 spiro atoms. The Morgan fingerprint density at radius 2 is 1.71 bits per heavy atom. The van der Waals surface area contributed by atoms with Crippen molar-refractivity contribution in [3.63, 3.8) is 0 Å². The lowest BCUT2D eigenvalue weighted by atomic mass is 10.0. The Hall–Kier alpha value is -3.84. The minimum Gasteiger partial charge on any atom is -0.497 e. The van der Waals surface area contributed by atoms with Crippen LogP contribution in [0.25, 0.3) is 11.6 Å². The smallest absolute Gasteiger partial charge is 0.315 e. The van der Waals surface area contributed by atoms with Crippen LogP contribution in [0.1, 0.15) is 16.7 Å². The highest BCUT2D eigenvalue weighted by molar-refractivity contribution is 5.90. The third-order valence-electron chi connectivity index (χ3n) is 4.11. The normalized spacial score (nSPS) is 10.8. The summed E-state index contributed by atoms with van der Waals surface area (Å²) in [4.78, 5) is 12.2. The van der Waals surface area contributed by atoms with Crippen LogP contribution in [0.5, 0.6) is 11.5 Å². The molecule has 0 aliphatic rings. The quantitative estimate of drug-likeness (QED) is 0.268. The fraction of sp³-hybridized carbons (Fsp3) is 0.0833. The summed E-state index contributed by atoms with van der Waals surface area (Å²) in [6, 6.07) is 26.0. The van der Waals surface area contributed by atoms with Gasteiger partial charge < -0.3 is 9.47 Å². The first-order chi connectivity index (χ1) is 13.7. The predicted octanol–water partition coefficient (Wildman–Crippen LogP) is 4.91. The van der Waals surface area contributed by atoms with Gasteiger partial charge in [-0.3, -0.25) is 4.79 Å². The second kappa shape index (κ2) is 9.20. The molecule has 4 nitrogen and oxygen atoms in total. The predicted molar refractivity (Wildman–Crippen MR) is 109 cm³/mol. The van der Waals surface area contributed by atoms with Crippen LogP contribution in [0.15, 0.2) is 78.9 Å². The molecule has 3 aromatic rings. The van der Waals surface area contributed by atoms with Crippen molar-refractivity contribution in [2.75, 3.05) is 7.11 Å². The lowest BCUT2D eigenvalue weighted by molar-refractivity contribution is -0.133. The van der Waals surface area contributed by atoms with Gasteiger partial charge in [-0.2, -0.15) is 5.26 Å². The van der Waals surface area contributed by atoms with Crippen molar-refractivity contribution < 1.29 is 14.3 Å². The Labute approximate surface area is 164 Å². The average molecular weight is 369 g/mol. The van der Waals surface area contributed by atoms with Gasteiger partial charge >= 0.3 is 5.97 Å². The maximum absolute atomic E-state index is 12.2. The Kier molecular flexibility index (Phi) is 6.22. The van der Waals surface area contributed by atoms with Crippen LogP contribution >= 0.6 is 0 Å². The highest BCUT2D eigenvalue weighted by Crippen LogP contribution is 2.22. The minimum absolute atomic E-state index is 0.205. The number of hydrogen-bond donors (Lipinski definition) is 0. The van der Waals surface area contributed by atoms with E-state index in [4.69, 9.17) is 9.47 Å². The number of methoxy groups -OCH3 is 1. The Morgan fingerprint density at radius 1 is 0.964 bits per heavy atom. The highest BCUT2D eigenvalue weighted by atomic mass is 16.5. The summed E-state index contributed by atoms with van der Waals surface area (Å²) >= 11 is 0. The zero-order valence-electron chi connectivity index (χ0n) is 15.5. The summed E-state index contributed by atoms with van der Waals surface area (Å²) in [7, 11) is 1.60. The third-order valence-corrected chi connectivity index (χ3v) is 4.11. The van der Waals surface area contributed by atoms with Crippen LogP contribution in [0, 0.1) is 11.3 Å². The van der Waals surface area contributed by atoms with E-state index in [0.717, 1.165) is 22.4 Å². The molecule has 0 aliphatic carbocycles. The van der Waals surface area contributed by atoms with Crippen molar-refractivity contribution in [1.82, 2.24) is 0 Å². The molecule has 0 fully saturated rings. The number of esters is 1. The molecular formula is C24H19NO3. The van der Waals surface area contributed by atoms with Gasteiger partial charge in [-0.1, -0.05) is 42.5 Å². The van der Waals surface area contributed by atoms with Crippen molar-refractivity contribution in [3.8, 4) is 17.6 Å². The summed E-state index contributed by atoms with van der Waals surface area (Å²) in [5.74, 6) is 0.845. The molecule has 0 saturated heterocycles. The van der Waals surface area contributed by atoms with Crippen molar-refractivity contribution in [2.24, 2.45) is 0 Å². The van der Waals surface area contributed by atoms with Crippen LogP contribution in [0.4, 0.5) is 0 Å². The highest BCUT2D eigenvalue weighted by Gasteiger charge is 2.07. The molecule has 0 N–H and O–H groups in total. The van der Waals surface area contributed by atoms with Crippen LogP contribution in [-0.4, -0.2) is 13.1 Å². The maximum atomic E-state index is 12.2. The molecule has 138 valence electrons. The summed E-state index contributed by atoms with van der Waals surface area (Å²) in [5.41, 5.74) is 2.97. The van der Waals surface area contributed by atoms with E-state index in [1.54, 1.807) is 31.4 Å². The molecule has 0 aromatic heterocycles. The van der Waals surface area contributed by atoms with E-state index < -0.39 is 0 Å². The molecule has 0 radical (unpaired) electrons. The van der Waals surface area contributed by atoms with Gasteiger partial charge in [0.25, 0.3) is 0 Å². The van der Waals surface area contributed by atoms with E-state index >= 15 is 0 Å². The summed E-state index contributed by atoms with van der Waals surface area (Å²) < 4.78 is 10.6. The fourth-order valence-electron chi connectivity index (χ4n) is 2.72. The number of nitriles is 1. The SMILES string of the molecule is COc1ccc(/C(C#N)=C\c2cccc(OC(=O)Cc3ccccc3)c2)cc1. The molecule has 3 rings (SSSR count). The molecule has 0 heterocycles. The van der Waals surface area contributed by atoms with Gasteiger partial charge in [-0.05, 0) is 59.2 Å². The second-order valence-electron chi connectivity index (χ2n) is 6.11. The van der Waals surface area contributed by atoms with Crippen molar-refractivity contribution in [1.29, 1.82) is 5.26 Å². The van der Waals surface area contributed by atoms with Gasteiger partial charge in [0.1, 0.15) is 11.5 Å². The number of ether oxygens (including phenoxy) is 2. The largest absolute Gasteiger partial charge is 0.497 e. The zero-order chi connectivity index (χ0) is 19.8. The van der Waals surface area contributed by atoms with E-state index in [1.807, 2.05) is 60.7 Å². The second-order valence-corrected chi connectivity index (χ2v) is 6.11. The van der Waals surface area contributed by atoms with E-state index in [9.17, 15) is 10.1 Å². The number of benzene rings is 3. The lowest BCUT2D eigenvalue weighted by Crippen LogP contribution is -2.11. The summed E-state index contributed by atoms with van der Waals surface area (Å²) in [6.45, 7) is 0. The Balaban J connectivity index is 1.75. The van der Waals surface area contributed by atoms with Crippen LogP contribution in [-0.2, 0) is 11.2 Å². The van der Waals surface area contributed by atoms with E-state index in [0.29, 0.717) is 11.3 Å². The maximum Gasteiger partial charge on any atom is 0.315 e. The molecule has 0 amide bonds. The van der Waals surface area contributed by atoms with Crippen molar-refractivity contribution >= 4 is 17.6 Å². The third kappa shape index (κ3) is 5.09. The molecule has 0 unspecified atom stereocenters. The topological polar surface area (TPSA) is 59.3 Å². The van der Waals surface area contributed by atoms with Gasteiger partial charge in [0.15, 0.2) is 0 Å². The zero-order valence-corrected chi connectivity index (χ0v) is 15.5. The molecule has 0 aliphatic heterocycles. The van der Waals surface area contributed by atoms with E-state index in [-0.39, 0.29) is 12.4 Å². The first kappa shape index (κ1) is 18.9. The average Bonchev–Trinajstić information content (AvgIpc) is 2.73.